The van der Waals surface area contributed by atoms with Gasteiger partial charge in [0, 0.05) is 4.83 Å². The lowest BCUT2D eigenvalue weighted by Crippen LogP contribution is -2.19. The second kappa shape index (κ2) is 5.98. The van der Waals surface area contributed by atoms with Gasteiger partial charge < -0.3 is 5.32 Å². The monoisotopic (exact) mass is 233 g/mol. The molecule has 1 nitrogen and oxygen atoms in total. The third kappa shape index (κ3) is 5.15. The Balaban J connectivity index is 1.75. The van der Waals surface area contributed by atoms with Crippen LogP contribution >= 0.6 is 15.9 Å². The fourth-order valence-electron chi connectivity index (χ4n) is 1.30. The van der Waals surface area contributed by atoms with E-state index in [0.717, 1.165) is 5.92 Å². The van der Waals surface area contributed by atoms with Crippen molar-refractivity contribution >= 4 is 15.9 Å². The lowest BCUT2D eigenvalue weighted by molar-refractivity contribution is 0.586. The van der Waals surface area contributed by atoms with Crippen LogP contribution in [0.25, 0.3) is 0 Å². The fraction of sp³-hybridized carbons (Fsp3) is 1.00. The van der Waals surface area contributed by atoms with Crippen LogP contribution < -0.4 is 5.32 Å². The van der Waals surface area contributed by atoms with E-state index in [0.29, 0.717) is 4.83 Å². The molecule has 0 aromatic rings. The van der Waals surface area contributed by atoms with Crippen LogP contribution in [0.3, 0.4) is 0 Å². The van der Waals surface area contributed by atoms with Crippen molar-refractivity contribution in [3.8, 4) is 0 Å². The molecule has 0 radical (unpaired) electrons. The van der Waals surface area contributed by atoms with Gasteiger partial charge in [0.15, 0.2) is 0 Å². The second-order valence-corrected chi connectivity index (χ2v) is 5.07. The van der Waals surface area contributed by atoms with Crippen molar-refractivity contribution < 1.29 is 0 Å². The number of alkyl halides is 1. The first-order valence-corrected chi connectivity index (χ1v) is 6.09. The number of hydrogen-bond donors (Lipinski definition) is 1. The number of nitrogens with one attached hydrogen (secondary N) is 1. The van der Waals surface area contributed by atoms with Crippen molar-refractivity contribution in [2.45, 2.75) is 43.9 Å². The minimum atomic E-state index is 0.714. The molecule has 0 saturated heterocycles. The van der Waals surface area contributed by atoms with Crippen molar-refractivity contribution in [1.82, 2.24) is 5.32 Å². The molecular weight excluding hydrogens is 214 g/mol. The van der Waals surface area contributed by atoms with Crippen LogP contribution in [0, 0.1) is 5.92 Å². The molecule has 0 aromatic carbocycles. The summed E-state index contributed by atoms with van der Waals surface area (Å²) in [4.78, 5) is 0.714. The quantitative estimate of drug-likeness (QED) is 0.527. The Morgan fingerprint density at radius 3 is 2.75 bits per heavy atom. The van der Waals surface area contributed by atoms with E-state index in [1.807, 2.05) is 0 Å². The Morgan fingerprint density at radius 1 is 1.42 bits per heavy atom. The highest BCUT2D eigenvalue weighted by atomic mass is 79.9. The number of halogens is 1. The molecule has 0 heterocycles. The highest BCUT2D eigenvalue weighted by Crippen LogP contribution is 2.31. The molecule has 2 heteroatoms. The van der Waals surface area contributed by atoms with Gasteiger partial charge >= 0.3 is 0 Å². The average Bonchev–Trinajstić information content (AvgIpc) is 2.87. The van der Waals surface area contributed by atoms with E-state index < -0.39 is 0 Å². The van der Waals surface area contributed by atoms with Crippen molar-refractivity contribution in [3.05, 3.63) is 0 Å². The van der Waals surface area contributed by atoms with Crippen LogP contribution in [-0.2, 0) is 0 Å². The van der Waals surface area contributed by atoms with Gasteiger partial charge in [0.1, 0.15) is 0 Å². The molecule has 0 aromatic heterocycles. The summed E-state index contributed by atoms with van der Waals surface area (Å²) in [5, 5.41) is 3.49. The van der Waals surface area contributed by atoms with Gasteiger partial charge in [0.05, 0.1) is 0 Å². The van der Waals surface area contributed by atoms with Gasteiger partial charge in [-0.3, -0.25) is 0 Å². The lowest BCUT2D eigenvalue weighted by Gasteiger charge is -2.07. The minimum absolute atomic E-state index is 0.714. The van der Waals surface area contributed by atoms with E-state index >= 15 is 0 Å². The van der Waals surface area contributed by atoms with E-state index in [4.69, 9.17) is 0 Å². The molecule has 1 aliphatic carbocycles. The number of hydrogen-bond acceptors (Lipinski definition) is 1. The van der Waals surface area contributed by atoms with E-state index in [2.05, 4.69) is 28.2 Å². The number of rotatable bonds is 7. The van der Waals surface area contributed by atoms with Crippen LogP contribution in [0.4, 0.5) is 0 Å². The topological polar surface area (TPSA) is 12.0 Å². The highest BCUT2D eigenvalue weighted by molar-refractivity contribution is 9.09. The molecular formula is C10H20BrN. The summed E-state index contributed by atoms with van der Waals surface area (Å²) in [6.07, 6.45) is 6.87. The molecule has 1 rings (SSSR count). The van der Waals surface area contributed by atoms with Crippen LogP contribution in [0.2, 0.25) is 0 Å². The molecule has 0 aliphatic heterocycles. The minimum Gasteiger partial charge on any atom is -0.317 e. The van der Waals surface area contributed by atoms with Gasteiger partial charge in [0.2, 0.25) is 0 Å². The molecule has 1 aliphatic rings. The molecule has 12 heavy (non-hydrogen) atoms. The first-order valence-electron chi connectivity index (χ1n) is 5.17. The zero-order chi connectivity index (χ0) is 8.81. The summed E-state index contributed by atoms with van der Waals surface area (Å²) in [5.74, 6) is 1.07. The van der Waals surface area contributed by atoms with Crippen LogP contribution in [0.15, 0.2) is 0 Å². The van der Waals surface area contributed by atoms with Gasteiger partial charge in [-0.1, -0.05) is 35.7 Å². The third-order valence-corrected chi connectivity index (χ3v) is 3.61. The predicted octanol–water partition coefficient (Wildman–Crippen LogP) is 2.94. The van der Waals surface area contributed by atoms with Crippen molar-refractivity contribution in [1.29, 1.82) is 0 Å². The summed E-state index contributed by atoms with van der Waals surface area (Å²) in [6, 6.07) is 0. The molecule has 1 atom stereocenters. The van der Waals surface area contributed by atoms with Gasteiger partial charge in [-0.15, -0.1) is 0 Å². The van der Waals surface area contributed by atoms with E-state index in [1.54, 1.807) is 0 Å². The van der Waals surface area contributed by atoms with E-state index in [-0.39, 0.29) is 0 Å². The second-order valence-electron chi connectivity index (χ2n) is 3.78. The maximum atomic E-state index is 3.63. The largest absolute Gasteiger partial charge is 0.317 e. The predicted molar refractivity (Wildman–Crippen MR) is 57.8 cm³/mol. The molecule has 72 valence electrons. The first-order chi connectivity index (χ1) is 5.83. The summed E-state index contributed by atoms with van der Waals surface area (Å²) in [7, 11) is 0. The molecule has 1 N–H and O–H groups in total. The zero-order valence-corrected chi connectivity index (χ0v) is 9.57. The SMILES string of the molecule is CCC(Br)CCNCCC1CC1. The summed E-state index contributed by atoms with van der Waals surface area (Å²) in [6.45, 7) is 4.63. The van der Waals surface area contributed by atoms with Crippen LogP contribution in [-0.4, -0.2) is 17.9 Å². The molecule has 1 saturated carbocycles. The van der Waals surface area contributed by atoms with Crippen molar-refractivity contribution in [2.75, 3.05) is 13.1 Å². The average molecular weight is 234 g/mol. The Labute approximate surface area is 84.4 Å². The molecule has 1 fully saturated rings. The summed E-state index contributed by atoms with van der Waals surface area (Å²) >= 11 is 3.63. The third-order valence-electron chi connectivity index (χ3n) is 2.50. The van der Waals surface area contributed by atoms with Crippen LogP contribution in [0.1, 0.15) is 39.0 Å². The summed E-state index contributed by atoms with van der Waals surface area (Å²) in [5.41, 5.74) is 0. The van der Waals surface area contributed by atoms with Gasteiger partial charge in [0.25, 0.3) is 0 Å². The van der Waals surface area contributed by atoms with E-state index in [1.165, 1.54) is 45.2 Å². The Hall–Kier alpha value is 0.440. The fourth-order valence-corrected chi connectivity index (χ4v) is 1.53. The van der Waals surface area contributed by atoms with Gasteiger partial charge in [-0.2, -0.15) is 0 Å². The maximum absolute atomic E-state index is 3.63. The van der Waals surface area contributed by atoms with Crippen LogP contribution in [0.5, 0.6) is 0 Å². The highest BCUT2D eigenvalue weighted by Gasteiger charge is 2.19. The zero-order valence-electron chi connectivity index (χ0n) is 7.98. The smallest absolute Gasteiger partial charge is 0.0155 e. The molecule has 1 unspecified atom stereocenters. The molecule has 0 bridgehead atoms. The lowest BCUT2D eigenvalue weighted by atomic mass is 10.2. The molecule has 0 spiro atoms. The Kier molecular flexibility index (Phi) is 5.24. The first kappa shape index (κ1) is 10.5. The Bertz CT molecular complexity index is 112. The molecule has 0 amide bonds. The van der Waals surface area contributed by atoms with Gasteiger partial charge in [-0.05, 0) is 38.3 Å². The standard InChI is InChI=1S/C10H20BrN/c1-2-10(11)6-8-12-7-5-9-3-4-9/h9-10,12H,2-8H2,1H3. The van der Waals surface area contributed by atoms with Crippen molar-refractivity contribution in [2.24, 2.45) is 5.92 Å². The normalized spacial score (nSPS) is 19.5. The Morgan fingerprint density at radius 2 is 2.17 bits per heavy atom. The van der Waals surface area contributed by atoms with Crippen molar-refractivity contribution in [3.63, 3.8) is 0 Å². The van der Waals surface area contributed by atoms with Gasteiger partial charge in [-0.25, -0.2) is 0 Å². The summed E-state index contributed by atoms with van der Waals surface area (Å²) < 4.78 is 0. The maximum Gasteiger partial charge on any atom is 0.0155 e. The van der Waals surface area contributed by atoms with E-state index in [9.17, 15) is 0 Å².